The molecule has 7 rings (SSSR count). The number of para-hydroxylation sites is 1. The van der Waals surface area contributed by atoms with Crippen molar-refractivity contribution >= 4 is 32.8 Å². The number of aromatic nitrogens is 5. The van der Waals surface area contributed by atoms with Crippen molar-refractivity contribution in [1.29, 1.82) is 0 Å². The van der Waals surface area contributed by atoms with Crippen LogP contribution in [-0.4, -0.2) is 56.1 Å². The van der Waals surface area contributed by atoms with Gasteiger partial charge in [0.25, 0.3) is 16.1 Å². The number of alkyl halides is 5. The van der Waals surface area contributed by atoms with E-state index in [1.807, 2.05) is 0 Å². The Morgan fingerprint density at radius 1 is 1.07 bits per heavy atom. The summed E-state index contributed by atoms with van der Waals surface area (Å²) < 4.78 is 134. The van der Waals surface area contributed by atoms with Crippen LogP contribution in [0.3, 0.4) is 0 Å². The normalized spacial score (nSPS) is 17.7. The van der Waals surface area contributed by atoms with Gasteiger partial charge in [0, 0.05) is 47.7 Å². The number of aliphatic hydroxyl groups is 1. The van der Waals surface area contributed by atoms with Crippen LogP contribution in [0.4, 0.5) is 36.6 Å². The van der Waals surface area contributed by atoms with Gasteiger partial charge in [0.05, 0.1) is 17.3 Å². The van der Waals surface area contributed by atoms with Crippen LogP contribution in [0.1, 0.15) is 73.1 Å². The fourth-order valence-electron chi connectivity index (χ4n) is 7.39. The van der Waals surface area contributed by atoms with Crippen LogP contribution < -0.4 is 14.8 Å². The van der Waals surface area contributed by atoms with Gasteiger partial charge in [0.1, 0.15) is 35.2 Å². The number of hydrogen-bond donors (Lipinski definition) is 4. The molecule has 2 aromatic carbocycles. The van der Waals surface area contributed by atoms with E-state index in [0.29, 0.717) is 27.2 Å². The maximum absolute atomic E-state index is 15.4. The first-order chi connectivity index (χ1) is 27.1. The summed E-state index contributed by atoms with van der Waals surface area (Å²) in [6, 6.07) is 9.10. The van der Waals surface area contributed by atoms with Crippen molar-refractivity contribution in [2.75, 3.05) is 11.3 Å². The van der Waals surface area contributed by atoms with Gasteiger partial charge in [-0.15, -0.1) is 0 Å². The van der Waals surface area contributed by atoms with E-state index in [1.165, 1.54) is 24.6 Å². The van der Waals surface area contributed by atoms with Crippen molar-refractivity contribution in [2.24, 2.45) is 13.0 Å². The van der Waals surface area contributed by atoms with Crippen molar-refractivity contribution in [1.82, 2.24) is 34.6 Å². The Balaban J connectivity index is 1.37. The summed E-state index contributed by atoms with van der Waals surface area (Å²) in [6.07, 6.45) is -5.62. The lowest BCUT2D eigenvalue weighted by Gasteiger charge is -2.23. The number of nitrogens with one attached hydrogen (secondary N) is 3. The number of amides is 1. The lowest BCUT2D eigenvalue weighted by molar-refractivity contribution is -0.142. The number of rotatable bonds is 11. The van der Waals surface area contributed by atoms with E-state index in [4.69, 9.17) is 0 Å². The maximum Gasteiger partial charge on any atom is 0.435 e. The largest absolute Gasteiger partial charge is 0.435 e. The summed E-state index contributed by atoms with van der Waals surface area (Å²) >= 11 is 0. The highest BCUT2D eigenvalue weighted by molar-refractivity contribution is 7.90. The average Bonchev–Trinajstić information content (AvgIpc) is 3.65. The molecular formula is C38H35F7N8O4S. The van der Waals surface area contributed by atoms with Gasteiger partial charge in [0.2, 0.25) is 5.91 Å². The molecule has 0 spiro atoms. The number of carbonyl (C=O) groups is 1. The van der Waals surface area contributed by atoms with E-state index < -0.39 is 86.8 Å². The SMILES string of the molecule is CCNS(=O)(=O)Nc1nn(C)c2c(-c3ccc(C#CC(C)(C)O)nc3[C@H](Cc3cc(F)cc(F)c3)NC(=O)Cn3nc(C(F)(F)F)c4c3C(F)(F)[C@@H]3C[C@H]43)cccc12. The minimum atomic E-state index is -5.08. The maximum atomic E-state index is 15.4. The molecule has 0 bridgehead atoms. The first-order valence-corrected chi connectivity index (χ1v) is 19.3. The van der Waals surface area contributed by atoms with Crippen LogP contribution in [0.15, 0.2) is 48.5 Å². The monoisotopic (exact) mass is 832 g/mol. The third-order valence-corrected chi connectivity index (χ3v) is 10.8. The van der Waals surface area contributed by atoms with Gasteiger partial charge in [-0.1, -0.05) is 25.0 Å². The Morgan fingerprint density at radius 3 is 2.43 bits per heavy atom. The topological polar surface area (TPSA) is 156 Å². The quantitative estimate of drug-likeness (QED) is 0.0965. The van der Waals surface area contributed by atoms with E-state index in [1.54, 1.807) is 38.2 Å². The molecule has 0 unspecified atom stereocenters. The van der Waals surface area contributed by atoms with Crippen molar-refractivity contribution in [3.63, 3.8) is 0 Å². The summed E-state index contributed by atoms with van der Waals surface area (Å²) in [5.41, 5.74) is -3.55. The van der Waals surface area contributed by atoms with Crippen LogP contribution in [0, 0.1) is 29.4 Å². The molecular weight excluding hydrogens is 798 g/mol. The summed E-state index contributed by atoms with van der Waals surface area (Å²) in [5, 5.41) is 21.1. The van der Waals surface area contributed by atoms with Crippen LogP contribution >= 0.6 is 0 Å². The predicted octanol–water partition coefficient (Wildman–Crippen LogP) is 5.83. The summed E-state index contributed by atoms with van der Waals surface area (Å²) in [6.45, 7) is 3.43. The molecule has 0 aliphatic heterocycles. The van der Waals surface area contributed by atoms with Crippen LogP contribution in [0.25, 0.3) is 22.0 Å². The Hall–Kier alpha value is -5.52. The van der Waals surface area contributed by atoms with Gasteiger partial charge in [-0.3, -0.25) is 18.9 Å². The molecule has 1 fully saturated rings. The number of pyridine rings is 1. The molecule has 20 heteroatoms. The zero-order chi connectivity index (χ0) is 42.1. The first-order valence-electron chi connectivity index (χ1n) is 17.9. The zero-order valence-corrected chi connectivity index (χ0v) is 32.0. The van der Waals surface area contributed by atoms with Gasteiger partial charge in [-0.25, -0.2) is 13.8 Å². The van der Waals surface area contributed by atoms with Gasteiger partial charge in [0.15, 0.2) is 11.5 Å². The molecule has 306 valence electrons. The Morgan fingerprint density at radius 2 is 1.78 bits per heavy atom. The molecule has 3 atom stereocenters. The van der Waals surface area contributed by atoms with E-state index in [-0.39, 0.29) is 47.7 Å². The van der Waals surface area contributed by atoms with Crippen molar-refractivity contribution in [3.05, 3.63) is 94.1 Å². The lowest BCUT2D eigenvalue weighted by atomic mass is 9.93. The third-order valence-electron chi connectivity index (χ3n) is 9.66. The Labute approximate surface area is 327 Å². The molecule has 0 radical (unpaired) electrons. The average molecular weight is 833 g/mol. The second kappa shape index (κ2) is 14.4. The molecule has 3 heterocycles. The van der Waals surface area contributed by atoms with Crippen LogP contribution in [0.5, 0.6) is 0 Å². The molecule has 0 saturated heterocycles. The number of nitrogens with zero attached hydrogens (tertiary/aromatic N) is 5. The minimum Gasteiger partial charge on any atom is -0.378 e. The fraction of sp³-hybridized carbons (Fsp3) is 0.368. The fourth-order valence-corrected chi connectivity index (χ4v) is 8.24. The number of aryl methyl sites for hydroxylation is 1. The second-order valence-corrected chi connectivity index (χ2v) is 16.2. The molecule has 5 aromatic rings. The third kappa shape index (κ3) is 7.98. The number of hydrogen-bond acceptors (Lipinski definition) is 7. The van der Waals surface area contributed by atoms with Crippen molar-refractivity contribution < 1.29 is 49.1 Å². The van der Waals surface area contributed by atoms with E-state index in [9.17, 15) is 40.3 Å². The van der Waals surface area contributed by atoms with E-state index in [2.05, 4.69) is 41.8 Å². The van der Waals surface area contributed by atoms with Crippen molar-refractivity contribution in [3.8, 4) is 23.0 Å². The predicted molar refractivity (Wildman–Crippen MR) is 196 cm³/mol. The lowest BCUT2D eigenvalue weighted by Crippen LogP contribution is -2.35. The smallest absolute Gasteiger partial charge is 0.378 e. The van der Waals surface area contributed by atoms with Crippen LogP contribution in [0.2, 0.25) is 0 Å². The first kappa shape index (κ1) is 40.7. The number of anilines is 1. The zero-order valence-electron chi connectivity index (χ0n) is 31.1. The molecule has 58 heavy (non-hydrogen) atoms. The highest BCUT2D eigenvalue weighted by atomic mass is 32.2. The molecule has 2 aliphatic rings. The van der Waals surface area contributed by atoms with Gasteiger partial charge < -0.3 is 10.4 Å². The minimum absolute atomic E-state index is 0.00250. The second-order valence-electron chi connectivity index (χ2n) is 14.7. The number of benzene rings is 2. The summed E-state index contributed by atoms with van der Waals surface area (Å²) in [7, 11) is -2.49. The number of halogens is 7. The number of carbonyl (C=O) groups excluding carboxylic acids is 1. The van der Waals surface area contributed by atoms with E-state index in [0.717, 1.165) is 12.1 Å². The van der Waals surface area contributed by atoms with Gasteiger partial charge >= 0.3 is 6.18 Å². The molecule has 3 aromatic heterocycles. The standard InChI is InChI=1S/C38H35F7N8O4S/c1-5-46-58(56,57)51-35-25-8-6-7-24(32(25)52(4)50-35)23-10-9-22(11-12-36(2,3)55)47-31(23)28(15-19-13-20(39)16-21(40)14-19)48-29(54)18-53-34-30(33(49-53)38(43,44)45)26-17-27(26)37(34,41)42/h6-10,13-14,16,26-28,46,55H,5,15,17-18H2,1-4H3,(H,48,54)(H,50,51)/t26-,27+,28-/m0/s1. The molecule has 1 amide bonds. The molecule has 12 nitrogen and oxygen atoms in total. The highest BCUT2D eigenvalue weighted by Gasteiger charge is 2.68. The molecule has 2 aliphatic carbocycles. The van der Waals surface area contributed by atoms with E-state index >= 15 is 8.78 Å². The Kier molecular flexibility index (Phi) is 10.1. The summed E-state index contributed by atoms with van der Waals surface area (Å²) in [5.74, 6) is -3.77. The van der Waals surface area contributed by atoms with Gasteiger partial charge in [-0.2, -0.15) is 45.3 Å². The highest BCUT2D eigenvalue weighted by Crippen LogP contribution is 2.68. The number of fused-ring (bicyclic) bond motifs is 4. The summed E-state index contributed by atoms with van der Waals surface area (Å²) in [4.78, 5) is 18.6. The van der Waals surface area contributed by atoms with Crippen molar-refractivity contribution in [2.45, 2.75) is 69.8 Å². The Bertz CT molecular complexity index is 2620. The van der Waals surface area contributed by atoms with Gasteiger partial charge in [-0.05, 0) is 74.4 Å². The van der Waals surface area contributed by atoms with Crippen LogP contribution in [-0.2, 0) is 47.1 Å². The molecule has 1 saturated carbocycles. The molecule has 4 N–H and O–H groups in total.